The molecule has 0 aliphatic carbocycles. The number of halogens is 1. The first-order valence-electron chi connectivity index (χ1n) is 6.26. The number of ether oxygens (including phenoxy) is 1. The molecule has 1 heterocycles. The fourth-order valence-corrected chi connectivity index (χ4v) is 1.99. The first-order chi connectivity index (χ1) is 9.29. The topological polar surface area (TPSA) is 52.0 Å². The molecule has 0 radical (unpaired) electrons. The van der Waals surface area contributed by atoms with Gasteiger partial charge in [0.05, 0.1) is 16.7 Å². The van der Waals surface area contributed by atoms with Crippen LogP contribution in [-0.4, -0.2) is 28.1 Å². The summed E-state index contributed by atoms with van der Waals surface area (Å²) in [6, 6.07) is 7.80. The van der Waals surface area contributed by atoms with Crippen molar-refractivity contribution >= 4 is 15.9 Å². The summed E-state index contributed by atoms with van der Waals surface area (Å²) in [5.74, 6) is 0.843. The predicted molar refractivity (Wildman–Crippen MR) is 77.0 cm³/mol. The molecule has 0 aliphatic rings. The van der Waals surface area contributed by atoms with Crippen LogP contribution in [-0.2, 0) is 13.1 Å². The SMILES string of the molecule is CCNCc1cn(CCOc2ccccc2Br)nn1. The van der Waals surface area contributed by atoms with Crippen molar-refractivity contribution in [2.75, 3.05) is 13.2 Å². The van der Waals surface area contributed by atoms with Crippen molar-refractivity contribution in [2.45, 2.75) is 20.0 Å². The van der Waals surface area contributed by atoms with Gasteiger partial charge in [-0.05, 0) is 34.6 Å². The summed E-state index contributed by atoms with van der Waals surface area (Å²) in [5, 5.41) is 11.4. The van der Waals surface area contributed by atoms with Gasteiger partial charge in [0.1, 0.15) is 12.4 Å². The Morgan fingerprint density at radius 1 is 1.37 bits per heavy atom. The minimum Gasteiger partial charge on any atom is -0.490 e. The van der Waals surface area contributed by atoms with Crippen LogP contribution in [0, 0.1) is 0 Å². The lowest BCUT2D eigenvalue weighted by molar-refractivity contribution is 0.288. The molecule has 0 bridgehead atoms. The highest BCUT2D eigenvalue weighted by molar-refractivity contribution is 9.10. The Balaban J connectivity index is 1.79. The van der Waals surface area contributed by atoms with Crippen molar-refractivity contribution in [3.05, 3.63) is 40.6 Å². The standard InChI is InChI=1S/C13H17BrN4O/c1-2-15-9-11-10-18(17-16-11)7-8-19-13-6-4-3-5-12(13)14/h3-6,10,15H,2,7-9H2,1H3. The number of nitrogens with zero attached hydrogens (tertiary/aromatic N) is 3. The number of nitrogens with one attached hydrogen (secondary N) is 1. The van der Waals surface area contributed by atoms with Crippen molar-refractivity contribution in [1.29, 1.82) is 0 Å². The van der Waals surface area contributed by atoms with Crippen molar-refractivity contribution in [3.8, 4) is 5.75 Å². The Bertz CT molecular complexity index is 515. The summed E-state index contributed by atoms with van der Waals surface area (Å²) in [6.45, 7) is 4.99. The molecule has 0 amide bonds. The van der Waals surface area contributed by atoms with Gasteiger partial charge in [-0.3, -0.25) is 0 Å². The smallest absolute Gasteiger partial charge is 0.133 e. The third-order valence-corrected chi connectivity index (χ3v) is 3.21. The van der Waals surface area contributed by atoms with E-state index in [2.05, 4.69) is 38.5 Å². The maximum atomic E-state index is 5.68. The predicted octanol–water partition coefficient (Wildman–Crippen LogP) is 2.23. The number of hydrogen-bond acceptors (Lipinski definition) is 4. The highest BCUT2D eigenvalue weighted by atomic mass is 79.9. The third-order valence-electron chi connectivity index (χ3n) is 2.56. The van der Waals surface area contributed by atoms with Crippen molar-refractivity contribution in [1.82, 2.24) is 20.3 Å². The summed E-state index contributed by atoms with van der Waals surface area (Å²) in [5.41, 5.74) is 0.947. The van der Waals surface area contributed by atoms with E-state index in [1.807, 2.05) is 30.5 Å². The van der Waals surface area contributed by atoms with E-state index in [9.17, 15) is 0 Å². The maximum Gasteiger partial charge on any atom is 0.133 e. The molecule has 0 saturated heterocycles. The molecular formula is C13H17BrN4O. The minimum atomic E-state index is 0.562. The number of para-hydroxylation sites is 1. The second-order valence-corrected chi connectivity index (χ2v) is 4.89. The van der Waals surface area contributed by atoms with E-state index in [1.165, 1.54) is 0 Å². The molecule has 0 spiro atoms. The fourth-order valence-electron chi connectivity index (χ4n) is 1.59. The number of benzene rings is 1. The number of aromatic nitrogens is 3. The second-order valence-electron chi connectivity index (χ2n) is 4.03. The van der Waals surface area contributed by atoms with Gasteiger partial charge in [0, 0.05) is 12.7 Å². The lowest BCUT2D eigenvalue weighted by Crippen LogP contribution is -2.12. The molecule has 0 fully saturated rings. The Kier molecular flexibility index (Phi) is 5.35. The Labute approximate surface area is 121 Å². The lowest BCUT2D eigenvalue weighted by atomic mass is 10.3. The molecule has 1 aromatic carbocycles. The van der Waals surface area contributed by atoms with Crippen LogP contribution >= 0.6 is 15.9 Å². The molecule has 19 heavy (non-hydrogen) atoms. The molecule has 0 unspecified atom stereocenters. The molecule has 6 heteroatoms. The molecule has 0 aliphatic heterocycles. The number of hydrogen-bond donors (Lipinski definition) is 1. The van der Waals surface area contributed by atoms with Gasteiger partial charge < -0.3 is 10.1 Å². The van der Waals surface area contributed by atoms with Crippen LogP contribution < -0.4 is 10.1 Å². The summed E-state index contributed by atoms with van der Waals surface area (Å²) in [7, 11) is 0. The van der Waals surface area contributed by atoms with Gasteiger partial charge in [-0.2, -0.15) is 0 Å². The van der Waals surface area contributed by atoms with Gasteiger partial charge in [-0.1, -0.05) is 24.3 Å². The molecule has 1 aromatic heterocycles. The van der Waals surface area contributed by atoms with Gasteiger partial charge >= 0.3 is 0 Å². The molecule has 0 atom stereocenters. The summed E-state index contributed by atoms with van der Waals surface area (Å²) in [4.78, 5) is 0. The monoisotopic (exact) mass is 324 g/mol. The van der Waals surface area contributed by atoms with Crippen LogP contribution in [0.4, 0.5) is 0 Å². The summed E-state index contributed by atoms with van der Waals surface area (Å²) >= 11 is 3.45. The molecule has 2 rings (SSSR count). The van der Waals surface area contributed by atoms with Crippen molar-refractivity contribution < 1.29 is 4.74 Å². The molecule has 102 valence electrons. The zero-order valence-electron chi connectivity index (χ0n) is 10.8. The fraction of sp³-hybridized carbons (Fsp3) is 0.385. The Morgan fingerprint density at radius 2 is 2.21 bits per heavy atom. The van der Waals surface area contributed by atoms with E-state index in [0.717, 1.165) is 29.0 Å². The Hall–Kier alpha value is -1.40. The van der Waals surface area contributed by atoms with Crippen LogP contribution in [0.5, 0.6) is 5.75 Å². The number of rotatable bonds is 7. The van der Waals surface area contributed by atoms with Gasteiger partial charge in [0.2, 0.25) is 0 Å². The van der Waals surface area contributed by atoms with E-state index in [1.54, 1.807) is 4.68 Å². The van der Waals surface area contributed by atoms with E-state index >= 15 is 0 Å². The average Bonchev–Trinajstić information content (AvgIpc) is 2.86. The first-order valence-corrected chi connectivity index (χ1v) is 7.06. The van der Waals surface area contributed by atoms with Gasteiger partial charge in [0.15, 0.2) is 0 Å². The van der Waals surface area contributed by atoms with Crippen LogP contribution in [0.3, 0.4) is 0 Å². The molecule has 1 N–H and O–H groups in total. The molecule has 5 nitrogen and oxygen atoms in total. The summed E-state index contributed by atoms with van der Waals surface area (Å²) in [6.07, 6.45) is 1.94. The van der Waals surface area contributed by atoms with Gasteiger partial charge in [-0.15, -0.1) is 5.10 Å². The normalized spacial score (nSPS) is 10.6. The van der Waals surface area contributed by atoms with Crippen LogP contribution in [0.25, 0.3) is 0 Å². The molecule has 2 aromatic rings. The van der Waals surface area contributed by atoms with E-state index < -0.39 is 0 Å². The lowest BCUT2D eigenvalue weighted by Gasteiger charge is -2.07. The van der Waals surface area contributed by atoms with Crippen molar-refractivity contribution in [2.24, 2.45) is 0 Å². The minimum absolute atomic E-state index is 0.562. The zero-order chi connectivity index (χ0) is 13.5. The molecular weight excluding hydrogens is 308 g/mol. The van der Waals surface area contributed by atoms with Crippen LogP contribution in [0.15, 0.2) is 34.9 Å². The average molecular weight is 325 g/mol. The highest BCUT2D eigenvalue weighted by Gasteiger charge is 2.02. The largest absolute Gasteiger partial charge is 0.490 e. The molecule has 0 saturated carbocycles. The van der Waals surface area contributed by atoms with Crippen LogP contribution in [0.2, 0.25) is 0 Å². The van der Waals surface area contributed by atoms with Gasteiger partial charge in [-0.25, -0.2) is 4.68 Å². The van der Waals surface area contributed by atoms with Crippen LogP contribution in [0.1, 0.15) is 12.6 Å². The maximum absolute atomic E-state index is 5.68. The van der Waals surface area contributed by atoms with E-state index in [0.29, 0.717) is 13.2 Å². The quantitative estimate of drug-likeness (QED) is 0.848. The van der Waals surface area contributed by atoms with Crippen molar-refractivity contribution in [3.63, 3.8) is 0 Å². The second kappa shape index (κ2) is 7.25. The highest BCUT2D eigenvalue weighted by Crippen LogP contribution is 2.23. The zero-order valence-corrected chi connectivity index (χ0v) is 12.4. The summed E-state index contributed by atoms with van der Waals surface area (Å²) < 4.78 is 8.43. The van der Waals surface area contributed by atoms with Gasteiger partial charge in [0.25, 0.3) is 0 Å². The van der Waals surface area contributed by atoms with E-state index in [4.69, 9.17) is 4.74 Å². The third kappa shape index (κ3) is 4.33. The first kappa shape index (κ1) is 14.0. The Morgan fingerprint density at radius 3 is 3.00 bits per heavy atom. The van der Waals surface area contributed by atoms with E-state index in [-0.39, 0.29) is 0 Å².